The lowest BCUT2D eigenvalue weighted by Crippen LogP contribution is -2.36. The molecule has 1 unspecified atom stereocenters. The fourth-order valence-electron chi connectivity index (χ4n) is 1.89. The van der Waals surface area contributed by atoms with E-state index in [9.17, 15) is 4.79 Å². The van der Waals surface area contributed by atoms with E-state index in [2.05, 4.69) is 10.6 Å². The first-order valence-corrected chi connectivity index (χ1v) is 6.12. The van der Waals surface area contributed by atoms with Crippen molar-refractivity contribution in [2.24, 2.45) is 5.73 Å². The molecule has 5 nitrogen and oxygen atoms in total. The second-order valence-electron chi connectivity index (χ2n) is 4.10. The van der Waals surface area contributed by atoms with Gasteiger partial charge in [-0.25, -0.2) is 4.79 Å². The van der Waals surface area contributed by atoms with Crippen molar-refractivity contribution in [1.29, 1.82) is 0 Å². The number of rotatable bonds is 6. The summed E-state index contributed by atoms with van der Waals surface area (Å²) in [6.07, 6.45) is 1.65. The third-order valence-corrected chi connectivity index (χ3v) is 2.73. The van der Waals surface area contributed by atoms with E-state index in [0.717, 1.165) is 11.3 Å². The Kier molecular flexibility index (Phi) is 4.58. The molecule has 2 amide bonds. The highest BCUT2D eigenvalue weighted by Gasteiger charge is 2.15. The van der Waals surface area contributed by atoms with Crippen LogP contribution in [0.4, 0.5) is 4.79 Å². The SMILES string of the molecule is NC(=O)NCCNC(c1ccccc1)c1ccco1. The first kappa shape index (κ1) is 13.2. The molecule has 1 aromatic carbocycles. The van der Waals surface area contributed by atoms with Crippen LogP contribution < -0.4 is 16.4 Å². The number of urea groups is 1. The molecule has 0 fully saturated rings. The van der Waals surface area contributed by atoms with E-state index in [1.807, 2.05) is 42.5 Å². The number of benzene rings is 1. The lowest BCUT2D eigenvalue weighted by Gasteiger charge is -2.17. The molecule has 5 heteroatoms. The Labute approximate surface area is 111 Å². The smallest absolute Gasteiger partial charge is 0.312 e. The molecule has 0 radical (unpaired) electrons. The average Bonchev–Trinajstić information content (AvgIpc) is 2.93. The minimum absolute atomic E-state index is 0.0362. The minimum atomic E-state index is -0.518. The van der Waals surface area contributed by atoms with Gasteiger partial charge >= 0.3 is 6.03 Å². The fraction of sp³-hybridized carbons (Fsp3) is 0.214. The van der Waals surface area contributed by atoms with E-state index < -0.39 is 6.03 Å². The largest absolute Gasteiger partial charge is 0.467 e. The third-order valence-electron chi connectivity index (χ3n) is 2.73. The molecule has 1 heterocycles. The van der Waals surface area contributed by atoms with Crippen LogP contribution in [0.1, 0.15) is 17.4 Å². The molecule has 0 spiro atoms. The third kappa shape index (κ3) is 3.86. The van der Waals surface area contributed by atoms with Crippen molar-refractivity contribution in [1.82, 2.24) is 10.6 Å². The van der Waals surface area contributed by atoms with Gasteiger partial charge in [-0.2, -0.15) is 0 Å². The predicted molar refractivity (Wildman–Crippen MR) is 72.6 cm³/mol. The number of amides is 2. The zero-order chi connectivity index (χ0) is 13.5. The van der Waals surface area contributed by atoms with E-state index in [-0.39, 0.29) is 6.04 Å². The Bertz CT molecular complexity index is 497. The maximum Gasteiger partial charge on any atom is 0.312 e. The van der Waals surface area contributed by atoms with Gasteiger partial charge in [-0.1, -0.05) is 30.3 Å². The molecule has 1 atom stereocenters. The zero-order valence-corrected chi connectivity index (χ0v) is 10.5. The summed E-state index contributed by atoms with van der Waals surface area (Å²) in [5.41, 5.74) is 6.13. The normalized spacial score (nSPS) is 12.0. The molecule has 0 aliphatic rings. The van der Waals surface area contributed by atoms with Crippen molar-refractivity contribution >= 4 is 6.03 Å². The van der Waals surface area contributed by atoms with Crippen LogP contribution in [0.15, 0.2) is 53.1 Å². The van der Waals surface area contributed by atoms with Gasteiger partial charge in [0.25, 0.3) is 0 Å². The molecule has 2 rings (SSSR count). The number of carbonyl (C=O) groups is 1. The summed E-state index contributed by atoms with van der Waals surface area (Å²) in [6.45, 7) is 1.07. The van der Waals surface area contributed by atoms with Crippen LogP contribution in [0.25, 0.3) is 0 Å². The van der Waals surface area contributed by atoms with Gasteiger partial charge in [0, 0.05) is 13.1 Å². The van der Waals surface area contributed by atoms with E-state index in [1.54, 1.807) is 6.26 Å². The highest BCUT2D eigenvalue weighted by atomic mass is 16.3. The van der Waals surface area contributed by atoms with Gasteiger partial charge in [0.1, 0.15) is 5.76 Å². The standard InChI is InChI=1S/C14H17N3O2/c15-14(18)17-9-8-16-13(12-7-4-10-19-12)11-5-2-1-3-6-11/h1-7,10,13,16H,8-9H2,(H3,15,17,18). The summed E-state index contributed by atoms with van der Waals surface area (Å²) >= 11 is 0. The fourth-order valence-corrected chi connectivity index (χ4v) is 1.89. The van der Waals surface area contributed by atoms with Crippen molar-refractivity contribution < 1.29 is 9.21 Å². The van der Waals surface area contributed by atoms with E-state index in [1.165, 1.54) is 0 Å². The predicted octanol–water partition coefficient (Wildman–Crippen LogP) is 1.63. The molecule has 1 aromatic heterocycles. The Morgan fingerprint density at radius 2 is 1.95 bits per heavy atom. The number of primary amides is 1. The zero-order valence-electron chi connectivity index (χ0n) is 10.5. The summed E-state index contributed by atoms with van der Waals surface area (Å²) < 4.78 is 5.45. The van der Waals surface area contributed by atoms with Gasteiger partial charge < -0.3 is 20.8 Å². The van der Waals surface area contributed by atoms with Crippen molar-refractivity contribution in [3.63, 3.8) is 0 Å². The van der Waals surface area contributed by atoms with E-state index in [0.29, 0.717) is 13.1 Å². The lowest BCUT2D eigenvalue weighted by molar-refractivity contribution is 0.249. The molecule has 0 saturated carbocycles. The van der Waals surface area contributed by atoms with Crippen LogP contribution >= 0.6 is 0 Å². The van der Waals surface area contributed by atoms with Gasteiger partial charge in [0.2, 0.25) is 0 Å². The van der Waals surface area contributed by atoms with Gasteiger partial charge in [-0.3, -0.25) is 0 Å². The van der Waals surface area contributed by atoms with Gasteiger partial charge in [0.15, 0.2) is 0 Å². The first-order valence-electron chi connectivity index (χ1n) is 6.12. The molecule has 19 heavy (non-hydrogen) atoms. The monoisotopic (exact) mass is 259 g/mol. The van der Waals surface area contributed by atoms with Crippen molar-refractivity contribution in [3.05, 3.63) is 60.1 Å². The summed E-state index contributed by atoms with van der Waals surface area (Å²) in [6, 6.07) is 13.2. The maximum absolute atomic E-state index is 10.6. The number of carbonyl (C=O) groups excluding carboxylic acids is 1. The van der Waals surface area contributed by atoms with Crippen LogP contribution in [0.3, 0.4) is 0 Å². The molecule has 4 N–H and O–H groups in total. The first-order chi connectivity index (χ1) is 9.27. The minimum Gasteiger partial charge on any atom is -0.467 e. The Hall–Kier alpha value is -2.27. The number of hydrogen-bond acceptors (Lipinski definition) is 3. The molecule has 100 valence electrons. The molecule has 0 bridgehead atoms. The summed E-state index contributed by atoms with van der Waals surface area (Å²) in [4.78, 5) is 10.6. The number of nitrogens with one attached hydrogen (secondary N) is 2. The van der Waals surface area contributed by atoms with Crippen molar-refractivity contribution in [3.8, 4) is 0 Å². The quantitative estimate of drug-likeness (QED) is 0.690. The number of furan rings is 1. The van der Waals surface area contributed by atoms with Crippen LogP contribution in [-0.2, 0) is 0 Å². The molecule has 0 saturated heterocycles. The van der Waals surface area contributed by atoms with Gasteiger partial charge in [-0.15, -0.1) is 0 Å². The molecular formula is C14H17N3O2. The van der Waals surface area contributed by atoms with Crippen LogP contribution in [-0.4, -0.2) is 19.1 Å². The Balaban J connectivity index is 2.02. The average molecular weight is 259 g/mol. The summed E-state index contributed by atoms with van der Waals surface area (Å²) in [5.74, 6) is 0.838. The van der Waals surface area contributed by atoms with Crippen LogP contribution in [0.5, 0.6) is 0 Å². The molecule has 2 aromatic rings. The van der Waals surface area contributed by atoms with Crippen LogP contribution in [0.2, 0.25) is 0 Å². The molecule has 0 aliphatic carbocycles. The summed E-state index contributed by atoms with van der Waals surface area (Å²) in [5, 5.41) is 5.87. The maximum atomic E-state index is 10.6. The van der Waals surface area contributed by atoms with Crippen molar-refractivity contribution in [2.45, 2.75) is 6.04 Å². The highest BCUT2D eigenvalue weighted by molar-refractivity contribution is 5.71. The molecular weight excluding hydrogens is 242 g/mol. The summed E-state index contributed by atoms with van der Waals surface area (Å²) in [7, 11) is 0. The second-order valence-corrected chi connectivity index (χ2v) is 4.10. The number of nitrogens with two attached hydrogens (primary N) is 1. The Morgan fingerprint density at radius 1 is 1.16 bits per heavy atom. The Morgan fingerprint density at radius 3 is 2.58 bits per heavy atom. The number of hydrogen-bond donors (Lipinski definition) is 3. The van der Waals surface area contributed by atoms with Crippen molar-refractivity contribution in [2.75, 3.05) is 13.1 Å². The van der Waals surface area contributed by atoms with E-state index >= 15 is 0 Å². The van der Waals surface area contributed by atoms with Crippen LogP contribution in [0, 0.1) is 0 Å². The second kappa shape index (κ2) is 6.61. The van der Waals surface area contributed by atoms with Gasteiger partial charge in [0.05, 0.1) is 12.3 Å². The highest BCUT2D eigenvalue weighted by Crippen LogP contribution is 2.21. The topological polar surface area (TPSA) is 80.3 Å². The van der Waals surface area contributed by atoms with E-state index in [4.69, 9.17) is 10.2 Å². The van der Waals surface area contributed by atoms with Gasteiger partial charge in [-0.05, 0) is 17.7 Å². The molecule has 0 aliphatic heterocycles. The lowest BCUT2D eigenvalue weighted by atomic mass is 10.0.